The van der Waals surface area contributed by atoms with Crippen LogP contribution in [0.2, 0.25) is 0 Å². The SMILES string of the molecule is C#CCN(c1cnc(N(CC)CC)nc1N[C@@H](Cc1ccc(OC(=O)N2CCC2)cc1)C(=O)O)S(=O)(=O)c1ccc(F)cc1. The number of aromatic nitrogens is 2. The number of sulfonamides is 1. The van der Waals surface area contributed by atoms with Gasteiger partial charge in [0.05, 0.1) is 17.6 Å². The second-order valence-electron chi connectivity index (χ2n) is 9.84. The monoisotopic (exact) mass is 624 g/mol. The van der Waals surface area contributed by atoms with Crippen LogP contribution >= 0.6 is 0 Å². The highest BCUT2D eigenvalue weighted by Crippen LogP contribution is 2.31. The zero-order valence-electron chi connectivity index (χ0n) is 24.3. The molecule has 1 fully saturated rings. The Hall–Kier alpha value is -4.90. The number of hydrogen-bond acceptors (Lipinski definition) is 9. The normalized spacial score (nSPS) is 13.3. The summed E-state index contributed by atoms with van der Waals surface area (Å²) in [6.45, 7) is 5.71. The first-order chi connectivity index (χ1) is 21.1. The highest BCUT2D eigenvalue weighted by atomic mass is 32.2. The number of rotatable bonds is 13. The smallest absolute Gasteiger partial charge is 0.415 e. The molecule has 2 heterocycles. The summed E-state index contributed by atoms with van der Waals surface area (Å²) in [5.41, 5.74) is 0.523. The van der Waals surface area contributed by atoms with Crippen LogP contribution in [0, 0.1) is 18.2 Å². The molecular weight excluding hydrogens is 591 g/mol. The van der Waals surface area contributed by atoms with E-state index in [1.807, 2.05) is 18.7 Å². The number of halogens is 1. The molecule has 14 heteroatoms. The van der Waals surface area contributed by atoms with Crippen molar-refractivity contribution in [1.82, 2.24) is 14.9 Å². The van der Waals surface area contributed by atoms with Crippen LogP contribution < -0.4 is 19.3 Å². The number of carbonyl (C=O) groups excluding carboxylic acids is 1. The number of nitrogens with zero attached hydrogens (tertiary/aromatic N) is 5. The maximum atomic E-state index is 13.7. The van der Waals surface area contributed by atoms with Crippen molar-refractivity contribution in [3.63, 3.8) is 0 Å². The van der Waals surface area contributed by atoms with Crippen LogP contribution in [-0.4, -0.2) is 79.2 Å². The lowest BCUT2D eigenvalue weighted by molar-refractivity contribution is -0.137. The molecule has 0 spiro atoms. The van der Waals surface area contributed by atoms with E-state index in [-0.39, 0.29) is 28.8 Å². The fourth-order valence-electron chi connectivity index (χ4n) is 4.39. The Morgan fingerprint density at radius 3 is 2.34 bits per heavy atom. The number of hydrogen-bond donors (Lipinski definition) is 2. The number of nitrogens with one attached hydrogen (secondary N) is 1. The van der Waals surface area contributed by atoms with Gasteiger partial charge in [-0.1, -0.05) is 18.1 Å². The van der Waals surface area contributed by atoms with Crippen LogP contribution in [0.15, 0.2) is 59.6 Å². The maximum absolute atomic E-state index is 13.7. The second kappa shape index (κ2) is 14.0. The Morgan fingerprint density at radius 1 is 1.14 bits per heavy atom. The van der Waals surface area contributed by atoms with E-state index < -0.39 is 40.5 Å². The molecule has 1 aromatic heterocycles. The summed E-state index contributed by atoms with van der Waals surface area (Å²) in [5, 5.41) is 13.0. The molecule has 1 saturated heterocycles. The Bertz CT molecular complexity index is 1620. The number of amides is 1. The molecule has 0 saturated carbocycles. The summed E-state index contributed by atoms with van der Waals surface area (Å²) in [4.78, 5) is 36.6. The zero-order valence-corrected chi connectivity index (χ0v) is 25.1. The molecule has 0 unspecified atom stereocenters. The summed E-state index contributed by atoms with van der Waals surface area (Å²) in [5.74, 6) is 0.969. The quantitative estimate of drug-likeness (QED) is 0.271. The Labute approximate surface area is 255 Å². The maximum Gasteiger partial charge on any atom is 0.415 e. The predicted molar refractivity (Wildman–Crippen MR) is 163 cm³/mol. The van der Waals surface area contributed by atoms with Gasteiger partial charge in [0.25, 0.3) is 10.0 Å². The highest BCUT2D eigenvalue weighted by molar-refractivity contribution is 7.92. The third kappa shape index (κ3) is 7.35. The molecule has 4 rings (SSSR count). The molecule has 44 heavy (non-hydrogen) atoms. The molecule has 1 aliphatic rings. The van der Waals surface area contributed by atoms with E-state index in [2.05, 4.69) is 21.2 Å². The van der Waals surface area contributed by atoms with Gasteiger partial charge in [0.15, 0.2) is 5.82 Å². The minimum Gasteiger partial charge on any atom is -0.480 e. The summed E-state index contributed by atoms with van der Waals surface area (Å²) in [7, 11) is -4.34. The van der Waals surface area contributed by atoms with Gasteiger partial charge in [-0.2, -0.15) is 4.98 Å². The molecule has 2 N–H and O–H groups in total. The molecule has 2 aromatic carbocycles. The zero-order chi connectivity index (χ0) is 31.9. The molecular formula is C30H33FN6O6S. The van der Waals surface area contributed by atoms with Crippen molar-refractivity contribution >= 4 is 39.5 Å². The van der Waals surface area contributed by atoms with Crippen molar-refractivity contribution in [3.8, 4) is 18.1 Å². The van der Waals surface area contributed by atoms with Gasteiger partial charge in [-0.3, -0.25) is 0 Å². The van der Waals surface area contributed by atoms with E-state index in [4.69, 9.17) is 11.2 Å². The summed E-state index contributed by atoms with van der Waals surface area (Å²) < 4.78 is 47.1. The number of terminal acetylenes is 1. The summed E-state index contributed by atoms with van der Waals surface area (Å²) >= 11 is 0. The molecule has 232 valence electrons. The number of aliphatic carboxylic acids is 1. The minimum atomic E-state index is -4.34. The van der Waals surface area contributed by atoms with Gasteiger partial charge in [-0.05, 0) is 62.2 Å². The molecule has 1 atom stereocenters. The molecule has 3 aromatic rings. The van der Waals surface area contributed by atoms with Crippen molar-refractivity contribution in [2.75, 3.05) is 47.2 Å². The topological polar surface area (TPSA) is 145 Å². The van der Waals surface area contributed by atoms with Crippen molar-refractivity contribution in [2.24, 2.45) is 0 Å². The van der Waals surface area contributed by atoms with Crippen molar-refractivity contribution in [2.45, 2.75) is 37.6 Å². The number of benzene rings is 2. The van der Waals surface area contributed by atoms with Crippen molar-refractivity contribution < 1.29 is 32.2 Å². The molecule has 12 nitrogen and oxygen atoms in total. The first-order valence-corrected chi connectivity index (χ1v) is 15.4. The van der Waals surface area contributed by atoms with Gasteiger partial charge < -0.3 is 25.0 Å². The van der Waals surface area contributed by atoms with E-state index >= 15 is 0 Å². The minimum absolute atomic E-state index is 0.0282. The van der Waals surface area contributed by atoms with Crippen LogP contribution in [0.4, 0.5) is 26.6 Å². The van der Waals surface area contributed by atoms with Crippen LogP contribution in [0.3, 0.4) is 0 Å². The largest absolute Gasteiger partial charge is 0.480 e. The summed E-state index contributed by atoms with van der Waals surface area (Å²) in [6.07, 6.45) is 7.27. The average Bonchev–Trinajstić information content (AvgIpc) is 2.96. The standard InChI is InChI=1S/C30H33FN6O6S/c1-4-16-37(44(41,42)24-14-10-22(31)11-15-24)26-20-32-29(35(5-2)6-3)34-27(26)33-25(28(38)39)19-21-8-12-23(13-9-21)43-30(40)36-17-7-18-36/h1,8-15,20,25H,5-7,16-19H2,2-3H3,(H,38,39)(H,32,33,34)/t25-/m0/s1. The van der Waals surface area contributed by atoms with Crippen LogP contribution in [0.25, 0.3) is 0 Å². The summed E-state index contributed by atoms with van der Waals surface area (Å²) in [6, 6.07) is 9.41. The van der Waals surface area contributed by atoms with E-state index in [1.54, 1.807) is 29.2 Å². The third-order valence-electron chi connectivity index (χ3n) is 7.00. The van der Waals surface area contributed by atoms with Crippen LogP contribution in [-0.2, 0) is 21.2 Å². The molecule has 1 amide bonds. The van der Waals surface area contributed by atoms with E-state index in [0.717, 1.165) is 35.0 Å². The molecule has 0 aliphatic carbocycles. The lowest BCUT2D eigenvalue weighted by Gasteiger charge is -2.29. The first-order valence-electron chi connectivity index (χ1n) is 14.0. The van der Waals surface area contributed by atoms with Crippen molar-refractivity contribution in [1.29, 1.82) is 0 Å². The molecule has 0 radical (unpaired) electrons. The number of ether oxygens (including phenoxy) is 1. The van der Waals surface area contributed by atoms with Gasteiger partial charge in [0.2, 0.25) is 5.95 Å². The average molecular weight is 625 g/mol. The lowest BCUT2D eigenvalue weighted by atomic mass is 10.1. The fraction of sp³-hybridized carbons (Fsp3) is 0.333. The predicted octanol–water partition coefficient (Wildman–Crippen LogP) is 3.60. The van der Waals surface area contributed by atoms with Gasteiger partial charge in [0.1, 0.15) is 23.3 Å². The van der Waals surface area contributed by atoms with Gasteiger partial charge in [-0.15, -0.1) is 6.42 Å². The first kappa shape index (κ1) is 32.0. The third-order valence-corrected chi connectivity index (χ3v) is 8.77. The Kier molecular flexibility index (Phi) is 10.2. The van der Waals surface area contributed by atoms with Gasteiger partial charge in [-0.25, -0.2) is 31.7 Å². The van der Waals surface area contributed by atoms with E-state index in [1.165, 1.54) is 6.20 Å². The number of carboxylic acid groups (broad SMARTS) is 1. The number of likely N-dealkylation sites (tertiary alicyclic amines) is 1. The molecule has 1 aliphatic heterocycles. The van der Waals surface area contributed by atoms with Crippen LogP contribution in [0.1, 0.15) is 25.8 Å². The van der Waals surface area contributed by atoms with Gasteiger partial charge >= 0.3 is 12.1 Å². The fourth-order valence-corrected chi connectivity index (χ4v) is 5.76. The van der Waals surface area contributed by atoms with Crippen LogP contribution in [0.5, 0.6) is 5.75 Å². The van der Waals surface area contributed by atoms with E-state index in [9.17, 15) is 27.5 Å². The van der Waals surface area contributed by atoms with Gasteiger partial charge in [0, 0.05) is 32.6 Å². The second-order valence-corrected chi connectivity index (χ2v) is 11.7. The Balaban J connectivity index is 1.67. The lowest BCUT2D eigenvalue weighted by Crippen LogP contribution is -2.43. The number of carboxylic acids is 1. The Morgan fingerprint density at radius 2 is 1.80 bits per heavy atom. The molecule has 0 bridgehead atoms. The number of carbonyl (C=O) groups is 2. The van der Waals surface area contributed by atoms with E-state index in [0.29, 0.717) is 37.5 Å². The highest BCUT2D eigenvalue weighted by Gasteiger charge is 2.30. The number of anilines is 3. The van der Waals surface area contributed by atoms with Crippen molar-refractivity contribution in [3.05, 3.63) is 66.1 Å².